The van der Waals surface area contributed by atoms with Gasteiger partial charge in [0.1, 0.15) is 5.52 Å². The molecule has 4 aromatic rings. The maximum atomic E-state index is 4.63. The zero-order valence-electron chi connectivity index (χ0n) is 12.9. The van der Waals surface area contributed by atoms with Crippen LogP contribution in [0.1, 0.15) is 30.0 Å². The fraction of sp³-hybridized carbons (Fsp3) is 0.222. The van der Waals surface area contributed by atoms with Crippen LogP contribution in [0, 0.1) is 6.92 Å². The van der Waals surface area contributed by atoms with Crippen molar-refractivity contribution >= 4 is 33.7 Å². The highest BCUT2D eigenvalue weighted by molar-refractivity contribution is 5.91. The van der Waals surface area contributed by atoms with Gasteiger partial charge in [0.2, 0.25) is 5.95 Å². The number of rotatable bonds is 3. The van der Waals surface area contributed by atoms with Gasteiger partial charge in [0.25, 0.3) is 0 Å². The van der Waals surface area contributed by atoms with Crippen LogP contribution in [0.2, 0.25) is 0 Å². The van der Waals surface area contributed by atoms with Crippen molar-refractivity contribution in [2.24, 2.45) is 0 Å². The number of hydrogen-bond acceptors (Lipinski definition) is 3. The minimum absolute atomic E-state index is 0.747. The number of hydrogen-bond donors (Lipinski definition) is 3. The number of benzene rings is 1. The predicted molar refractivity (Wildman–Crippen MR) is 92.2 cm³/mol. The number of H-pyrrole nitrogens is 2. The smallest absolute Gasteiger partial charge is 0.205 e. The summed E-state index contributed by atoms with van der Waals surface area (Å²) in [6.45, 7) is 2.00. The van der Waals surface area contributed by atoms with E-state index in [1.165, 1.54) is 18.4 Å². The Morgan fingerprint density at radius 2 is 2.00 bits per heavy atom. The molecule has 3 heterocycles. The molecule has 23 heavy (non-hydrogen) atoms. The lowest BCUT2D eigenvalue weighted by Crippen LogP contribution is -1.92. The van der Waals surface area contributed by atoms with E-state index in [9.17, 15) is 0 Å². The summed E-state index contributed by atoms with van der Waals surface area (Å²) in [6, 6.07) is 10.6. The van der Waals surface area contributed by atoms with Crippen molar-refractivity contribution in [3.63, 3.8) is 0 Å². The second-order valence-electron chi connectivity index (χ2n) is 6.31. The quantitative estimate of drug-likeness (QED) is 0.526. The number of nitrogens with zero attached hydrogens (tertiary/aromatic N) is 2. The summed E-state index contributed by atoms with van der Waals surface area (Å²) in [5.74, 6) is 1.50. The van der Waals surface area contributed by atoms with Gasteiger partial charge in [0, 0.05) is 11.9 Å². The molecule has 1 aliphatic carbocycles. The molecule has 3 aromatic heterocycles. The van der Waals surface area contributed by atoms with Crippen LogP contribution in [0.3, 0.4) is 0 Å². The third-order valence-electron chi connectivity index (χ3n) is 4.47. The summed E-state index contributed by atoms with van der Waals surface area (Å²) in [4.78, 5) is 15.8. The fourth-order valence-corrected chi connectivity index (χ4v) is 3.08. The third-order valence-corrected chi connectivity index (χ3v) is 4.47. The number of fused-ring (bicyclic) bond motifs is 2. The van der Waals surface area contributed by atoms with Gasteiger partial charge in [-0.3, -0.25) is 0 Å². The topological polar surface area (TPSA) is 69.4 Å². The van der Waals surface area contributed by atoms with Gasteiger partial charge in [-0.05, 0) is 55.5 Å². The molecular formula is C18H17N5. The molecule has 1 aromatic carbocycles. The Bertz CT molecular complexity index is 1020. The van der Waals surface area contributed by atoms with Crippen molar-refractivity contribution in [3.05, 3.63) is 47.8 Å². The van der Waals surface area contributed by atoms with E-state index in [4.69, 9.17) is 0 Å². The SMILES string of the molecule is Cc1ccc2[nH]cc(Nc3nc4ccc(C5CC5)cc4[nH]3)c2n1. The monoisotopic (exact) mass is 303 g/mol. The van der Waals surface area contributed by atoms with Crippen LogP contribution in [0.4, 0.5) is 11.6 Å². The summed E-state index contributed by atoms with van der Waals surface area (Å²) >= 11 is 0. The zero-order chi connectivity index (χ0) is 15.4. The number of aromatic amines is 2. The van der Waals surface area contributed by atoms with Gasteiger partial charge in [-0.25, -0.2) is 9.97 Å². The summed E-state index contributed by atoms with van der Waals surface area (Å²) < 4.78 is 0. The zero-order valence-corrected chi connectivity index (χ0v) is 12.9. The first kappa shape index (κ1) is 12.7. The molecule has 0 unspecified atom stereocenters. The summed E-state index contributed by atoms with van der Waals surface area (Å²) in [5, 5.41) is 3.35. The van der Waals surface area contributed by atoms with Crippen molar-refractivity contribution < 1.29 is 0 Å². The Morgan fingerprint density at radius 3 is 2.87 bits per heavy atom. The molecule has 1 saturated carbocycles. The van der Waals surface area contributed by atoms with Crippen LogP contribution < -0.4 is 5.32 Å². The highest BCUT2D eigenvalue weighted by atomic mass is 15.1. The molecule has 1 fully saturated rings. The minimum Gasteiger partial charge on any atom is -0.358 e. The molecule has 0 bridgehead atoms. The van der Waals surface area contributed by atoms with Crippen molar-refractivity contribution in [1.29, 1.82) is 0 Å². The Morgan fingerprint density at radius 1 is 1.09 bits per heavy atom. The lowest BCUT2D eigenvalue weighted by molar-refractivity contribution is 1.13. The number of aromatic nitrogens is 4. The molecule has 1 aliphatic rings. The number of aryl methyl sites for hydroxylation is 1. The van der Waals surface area contributed by atoms with Crippen LogP contribution >= 0.6 is 0 Å². The van der Waals surface area contributed by atoms with Crippen LogP contribution in [-0.2, 0) is 0 Å². The largest absolute Gasteiger partial charge is 0.358 e. The van der Waals surface area contributed by atoms with E-state index in [0.717, 1.165) is 45.3 Å². The van der Waals surface area contributed by atoms with E-state index in [0.29, 0.717) is 0 Å². The third kappa shape index (κ3) is 2.16. The Hall–Kier alpha value is -2.82. The predicted octanol–water partition coefficient (Wildman–Crippen LogP) is 4.37. The van der Waals surface area contributed by atoms with E-state index in [1.807, 2.05) is 25.3 Å². The second-order valence-corrected chi connectivity index (χ2v) is 6.31. The molecule has 0 saturated heterocycles. The van der Waals surface area contributed by atoms with Gasteiger partial charge in [-0.15, -0.1) is 0 Å². The van der Waals surface area contributed by atoms with Gasteiger partial charge < -0.3 is 15.3 Å². The van der Waals surface area contributed by atoms with Crippen molar-refractivity contribution in [2.45, 2.75) is 25.7 Å². The van der Waals surface area contributed by atoms with E-state index >= 15 is 0 Å². The molecular weight excluding hydrogens is 286 g/mol. The molecule has 0 aliphatic heterocycles. The first-order valence-corrected chi connectivity index (χ1v) is 7.98. The van der Waals surface area contributed by atoms with Crippen LogP contribution in [0.25, 0.3) is 22.1 Å². The first-order valence-electron chi connectivity index (χ1n) is 7.98. The molecule has 0 amide bonds. The fourth-order valence-electron chi connectivity index (χ4n) is 3.08. The first-order chi connectivity index (χ1) is 11.3. The highest BCUT2D eigenvalue weighted by Gasteiger charge is 2.23. The highest BCUT2D eigenvalue weighted by Crippen LogP contribution is 2.40. The van der Waals surface area contributed by atoms with Gasteiger partial charge in [0.05, 0.1) is 22.2 Å². The second kappa shape index (κ2) is 4.59. The Labute approximate surface area is 133 Å². The van der Waals surface area contributed by atoms with Gasteiger partial charge in [-0.1, -0.05) is 6.07 Å². The van der Waals surface area contributed by atoms with Crippen molar-refractivity contribution in [2.75, 3.05) is 5.32 Å². The number of imidazole rings is 1. The van der Waals surface area contributed by atoms with Crippen LogP contribution in [0.5, 0.6) is 0 Å². The average molecular weight is 303 g/mol. The van der Waals surface area contributed by atoms with Gasteiger partial charge >= 0.3 is 0 Å². The van der Waals surface area contributed by atoms with Gasteiger partial charge in [-0.2, -0.15) is 0 Å². The lowest BCUT2D eigenvalue weighted by Gasteiger charge is -2.00. The van der Waals surface area contributed by atoms with E-state index < -0.39 is 0 Å². The summed E-state index contributed by atoms with van der Waals surface area (Å²) in [5.41, 5.74) is 7.37. The number of pyridine rings is 1. The standard InChI is InChI=1S/C18H17N5/c1-10-2-6-14-17(20-10)16(9-19-14)23-18-21-13-7-5-12(11-3-4-11)8-15(13)22-18/h2,5-9,11,19H,3-4H2,1H3,(H2,21,22,23). The number of nitrogens with one attached hydrogen (secondary N) is 3. The lowest BCUT2D eigenvalue weighted by atomic mass is 10.1. The molecule has 3 N–H and O–H groups in total. The normalized spacial score (nSPS) is 14.7. The Balaban J connectivity index is 1.53. The molecule has 114 valence electrons. The van der Waals surface area contributed by atoms with Gasteiger partial charge in [0.15, 0.2) is 0 Å². The molecule has 5 heteroatoms. The van der Waals surface area contributed by atoms with E-state index in [2.05, 4.69) is 43.5 Å². The average Bonchev–Trinajstić information content (AvgIpc) is 3.22. The number of anilines is 2. The molecule has 0 radical (unpaired) electrons. The van der Waals surface area contributed by atoms with Crippen LogP contribution in [-0.4, -0.2) is 19.9 Å². The van der Waals surface area contributed by atoms with Crippen molar-refractivity contribution in [1.82, 2.24) is 19.9 Å². The van der Waals surface area contributed by atoms with Crippen molar-refractivity contribution in [3.8, 4) is 0 Å². The molecule has 0 spiro atoms. The molecule has 5 nitrogen and oxygen atoms in total. The molecule has 0 atom stereocenters. The summed E-state index contributed by atoms with van der Waals surface area (Å²) in [7, 11) is 0. The van der Waals surface area contributed by atoms with E-state index in [-0.39, 0.29) is 0 Å². The minimum atomic E-state index is 0.747. The van der Waals surface area contributed by atoms with E-state index in [1.54, 1.807) is 0 Å². The molecule has 5 rings (SSSR count). The summed E-state index contributed by atoms with van der Waals surface area (Å²) in [6.07, 6.45) is 4.55. The maximum Gasteiger partial charge on any atom is 0.205 e. The maximum absolute atomic E-state index is 4.63. The Kier molecular flexibility index (Phi) is 2.53. The van der Waals surface area contributed by atoms with Crippen LogP contribution in [0.15, 0.2) is 36.5 Å².